The number of carbonyl (C=O) groups excluding carboxylic acids is 1. The van der Waals surface area contributed by atoms with E-state index in [2.05, 4.69) is 11.4 Å². The molecule has 0 aromatic heterocycles. The van der Waals surface area contributed by atoms with Gasteiger partial charge in [-0.25, -0.2) is 0 Å². The van der Waals surface area contributed by atoms with Gasteiger partial charge in [0.25, 0.3) is 0 Å². The van der Waals surface area contributed by atoms with Crippen LogP contribution in [-0.4, -0.2) is 35.2 Å². The van der Waals surface area contributed by atoms with Crippen LogP contribution in [0.25, 0.3) is 0 Å². The van der Waals surface area contributed by atoms with Crippen LogP contribution in [-0.2, 0) is 9.53 Å². The third kappa shape index (κ3) is 3.89. The van der Waals surface area contributed by atoms with E-state index in [1.54, 1.807) is 11.8 Å². The van der Waals surface area contributed by atoms with E-state index in [-0.39, 0.29) is 12.0 Å². The third-order valence-corrected chi connectivity index (χ3v) is 5.36. The van der Waals surface area contributed by atoms with Gasteiger partial charge in [-0.05, 0) is 31.4 Å². The molecular weight excluding hydrogens is 272 g/mol. The summed E-state index contributed by atoms with van der Waals surface area (Å²) in [5.74, 6) is 1.52. The van der Waals surface area contributed by atoms with Crippen LogP contribution in [0.5, 0.6) is 0 Å². The van der Waals surface area contributed by atoms with Gasteiger partial charge in [0.05, 0.1) is 12.2 Å². The molecule has 0 aromatic rings. The number of rotatable bonds is 5. The summed E-state index contributed by atoms with van der Waals surface area (Å²) >= 11 is 1.72. The van der Waals surface area contributed by atoms with Gasteiger partial charge in [0.15, 0.2) is 0 Å². The molecule has 1 N–H and O–H groups in total. The average molecular weight is 296 g/mol. The zero-order chi connectivity index (χ0) is 14.4. The van der Waals surface area contributed by atoms with E-state index in [0.29, 0.717) is 12.2 Å². The minimum absolute atomic E-state index is 0.109. The molecule has 1 saturated carbocycles. The second-order valence-electron chi connectivity index (χ2n) is 5.78. The summed E-state index contributed by atoms with van der Waals surface area (Å²) in [7, 11) is 0. The van der Waals surface area contributed by atoms with Gasteiger partial charge in [-0.3, -0.25) is 4.79 Å². The molecule has 0 spiro atoms. The molecule has 0 bridgehead atoms. The first-order valence-electron chi connectivity index (χ1n) is 7.65. The minimum Gasteiger partial charge on any atom is -0.365 e. The summed E-state index contributed by atoms with van der Waals surface area (Å²) in [5, 5.41) is 12.3. The molecule has 5 heteroatoms. The van der Waals surface area contributed by atoms with Gasteiger partial charge in [-0.2, -0.15) is 17.0 Å². The van der Waals surface area contributed by atoms with Crippen LogP contribution in [0.1, 0.15) is 51.9 Å². The van der Waals surface area contributed by atoms with Crippen LogP contribution in [0, 0.1) is 11.3 Å². The van der Waals surface area contributed by atoms with Crippen molar-refractivity contribution in [2.45, 2.75) is 69.6 Å². The standard InChI is InChI=1S/C15H24N2O2S/c1-2-13(19-12-6-4-3-5-7-12)14(18)17-15(10-16)8-9-20-11-15/h12-13H,2-9,11H2,1H3,(H,17,18)/t13-,15+/m1/s1. The van der Waals surface area contributed by atoms with Crippen molar-refractivity contribution >= 4 is 17.7 Å². The zero-order valence-electron chi connectivity index (χ0n) is 12.2. The highest BCUT2D eigenvalue weighted by Crippen LogP contribution is 2.28. The molecule has 2 fully saturated rings. The number of nitrogens with one attached hydrogen (secondary N) is 1. The van der Waals surface area contributed by atoms with E-state index in [0.717, 1.165) is 25.0 Å². The molecule has 1 amide bonds. The van der Waals surface area contributed by atoms with Crippen molar-refractivity contribution in [3.63, 3.8) is 0 Å². The van der Waals surface area contributed by atoms with Gasteiger partial charge in [0, 0.05) is 5.75 Å². The van der Waals surface area contributed by atoms with Crippen molar-refractivity contribution in [2.24, 2.45) is 0 Å². The molecule has 1 heterocycles. The summed E-state index contributed by atoms with van der Waals surface area (Å²) in [6.45, 7) is 1.97. The summed E-state index contributed by atoms with van der Waals surface area (Å²) in [6, 6.07) is 2.28. The Labute approximate surface area is 125 Å². The molecule has 1 saturated heterocycles. The quantitative estimate of drug-likeness (QED) is 0.847. The first-order valence-corrected chi connectivity index (χ1v) is 8.81. The number of hydrogen-bond acceptors (Lipinski definition) is 4. The smallest absolute Gasteiger partial charge is 0.250 e. The highest BCUT2D eigenvalue weighted by molar-refractivity contribution is 7.99. The molecule has 20 heavy (non-hydrogen) atoms. The number of amides is 1. The van der Waals surface area contributed by atoms with Crippen LogP contribution in [0.3, 0.4) is 0 Å². The summed E-state index contributed by atoms with van der Waals surface area (Å²) in [4.78, 5) is 12.4. The molecule has 0 radical (unpaired) electrons. The first-order chi connectivity index (χ1) is 9.69. The highest BCUT2D eigenvalue weighted by atomic mass is 32.2. The Morgan fingerprint density at radius 1 is 1.50 bits per heavy atom. The second-order valence-corrected chi connectivity index (χ2v) is 6.88. The largest absolute Gasteiger partial charge is 0.365 e. The van der Waals surface area contributed by atoms with Crippen LogP contribution >= 0.6 is 11.8 Å². The van der Waals surface area contributed by atoms with Crippen molar-refractivity contribution in [3.05, 3.63) is 0 Å². The Hall–Kier alpha value is -0.730. The lowest BCUT2D eigenvalue weighted by molar-refractivity contribution is -0.139. The summed E-state index contributed by atoms with van der Waals surface area (Å²) in [5.41, 5.74) is -0.676. The first kappa shape index (κ1) is 15.7. The maximum absolute atomic E-state index is 12.4. The molecule has 2 rings (SSSR count). The van der Waals surface area contributed by atoms with Crippen molar-refractivity contribution < 1.29 is 9.53 Å². The monoisotopic (exact) mass is 296 g/mol. The van der Waals surface area contributed by atoms with E-state index >= 15 is 0 Å². The lowest BCUT2D eigenvalue weighted by Crippen LogP contribution is -2.52. The molecule has 1 aliphatic heterocycles. The zero-order valence-corrected chi connectivity index (χ0v) is 13.0. The SMILES string of the molecule is CC[C@@H](OC1CCCCC1)C(=O)N[C@]1(C#N)CCSC1. The Morgan fingerprint density at radius 2 is 2.25 bits per heavy atom. The van der Waals surface area contributed by atoms with Gasteiger partial charge in [0.1, 0.15) is 11.6 Å². The fraction of sp³-hybridized carbons (Fsp3) is 0.867. The predicted octanol–water partition coefficient (Wildman–Crippen LogP) is 2.63. The van der Waals surface area contributed by atoms with Gasteiger partial charge < -0.3 is 10.1 Å². The highest BCUT2D eigenvalue weighted by Gasteiger charge is 2.38. The molecule has 4 nitrogen and oxygen atoms in total. The number of carbonyl (C=O) groups is 1. The van der Waals surface area contributed by atoms with Crippen molar-refractivity contribution in [1.29, 1.82) is 5.26 Å². The molecular formula is C15H24N2O2S. The fourth-order valence-corrected chi connectivity index (χ4v) is 4.14. The van der Waals surface area contributed by atoms with Crippen LogP contribution in [0.4, 0.5) is 0 Å². The van der Waals surface area contributed by atoms with Gasteiger partial charge in [0.2, 0.25) is 5.91 Å². The number of hydrogen-bond donors (Lipinski definition) is 1. The number of nitriles is 1. The minimum atomic E-state index is -0.676. The Bertz CT molecular complexity index is 369. The molecule has 2 atom stereocenters. The number of thioether (sulfide) groups is 1. The van der Waals surface area contributed by atoms with Crippen LogP contribution in [0.2, 0.25) is 0 Å². The van der Waals surface area contributed by atoms with Gasteiger partial charge >= 0.3 is 0 Å². The van der Waals surface area contributed by atoms with E-state index in [9.17, 15) is 10.1 Å². The molecule has 1 aliphatic carbocycles. The normalized spacial score (nSPS) is 28.8. The molecule has 0 aromatic carbocycles. The predicted molar refractivity (Wildman–Crippen MR) is 80.5 cm³/mol. The third-order valence-electron chi connectivity index (χ3n) is 4.17. The summed E-state index contributed by atoms with van der Waals surface area (Å²) < 4.78 is 5.97. The number of ether oxygens (including phenoxy) is 1. The Balaban J connectivity index is 1.89. The lowest BCUT2D eigenvalue weighted by atomic mass is 9.97. The topological polar surface area (TPSA) is 62.1 Å². The number of nitrogens with zero attached hydrogens (tertiary/aromatic N) is 1. The second kappa shape index (κ2) is 7.33. The summed E-state index contributed by atoms with van der Waals surface area (Å²) in [6.07, 6.45) is 6.99. The average Bonchev–Trinajstić information content (AvgIpc) is 2.94. The van der Waals surface area contributed by atoms with E-state index in [1.807, 2.05) is 6.92 Å². The Morgan fingerprint density at radius 3 is 2.80 bits per heavy atom. The maximum atomic E-state index is 12.4. The fourth-order valence-electron chi connectivity index (χ4n) is 2.87. The molecule has 112 valence electrons. The van der Waals surface area contributed by atoms with Crippen molar-refractivity contribution in [2.75, 3.05) is 11.5 Å². The van der Waals surface area contributed by atoms with Gasteiger partial charge in [-0.1, -0.05) is 26.2 Å². The van der Waals surface area contributed by atoms with E-state index in [1.165, 1.54) is 19.3 Å². The maximum Gasteiger partial charge on any atom is 0.250 e. The molecule has 0 unspecified atom stereocenters. The van der Waals surface area contributed by atoms with Crippen LogP contribution < -0.4 is 5.32 Å². The van der Waals surface area contributed by atoms with E-state index in [4.69, 9.17) is 4.74 Å². The van der Waals surface area contributed by atoms with Gasteiger partial charge in [-0.15, -0.1) is 0 Å². The van der Waals surface area contributed by atoms with E-state index < -0.39 is 11.6 Å². The van der Waals surface area contributed by atoms with Crippen molar-refractivity contribution in [3.8, 4) is 6.07 Å². The van der Waals surface area contributed by atoms with Crippen molar-refractivity contribution in [1.82, 2.24) is 5.32 Å². The lowest BCUT2D eigenvalue weighted by Gasteiger charge is -2.29. The molecule has 2 aliphatic rings. The van der Waals surface area contributed by atoms with Crippen LogP contribution in [0.15, 0.2) is 0 Å². The Kier molecular flexibility index (Phi) is 5.74.